The highest BCUT2D eigenvalue weighted by Crippen LogP contribution is 2.59. The third kappa shape index (κ3) is 4.45. The van der Waals surface area contributed by atoms with Crippen molar-refractivity contribution in [3.8, 4) is 11.5 Å². The molecule has 0 bridgehead atoms. The van der Waals surface area contributed by atoms with Gasteiger partial charge in [-0.25, -0.2) is 0 Å². The van der Waals surface area contributed by atoms with Crippen molar-refractivity contribution in [2.24, 2.45) is 5.92 Å². The van der Waals surface area contributed by atoms with Crippen molar-refractivity contribution in [2.45, 2.75) is 50.9 Å². The minimum Gasteiger partial charge on any atom is -0.497 e. The molecule has 1 aliphatic carbocycles. The fourth-order valence-corrected chi connectivity index (χ4v) is 5.72. The highest BCUT2D eigenvalue weighted by atomic mass is 16.5. The van der Waals surface area contributed by atoms with Gasteiger partial charge in [0.2, 0.25) is 11.8 Å². The first-order valence-electron chi connectivity index (χ1n) is 12.8. The molecular weight excluding hydrogens is 464 g/mol. The number of methoxy groups -OCH3 is 2. The Hall–Kier alpha value is -3.80. The van der Waals surface area contributed by atoms with Crippen LogP contribution in [0.1, 0.15) is 42.9 Å². The van der Waals surface area contributed by atoms with E-state index in [2.05, 4.69) is 12.1 Å². The van der Waals surface area contributed by atoms with E-state index in [9.17, 15) is 9.59 Å². The number of amides is 2. The predicted octanol–water partition coefficient (Wildman–Crippen LogP) is 5.03. The highest BCUT2D eigenvalue weighted by molar-refractivity contribution is 6.03. The summed E-state index contributed by atoms with van der Waals surface area (Å²) in [6.45, 7) is 4.80. The van der Waals surface area contributed by atoms with E-state index in [4.69, 9.17) is 9.47 Å². The second-order valence-electron chi connectivity index (χ2n) is 10.3. The number of carbonyl (C=O) groups excluding carboxylic acids is 2. The van der Waals surface area contributed by atoms with Crippen LogP contribution >= 0.6 is 0 Å². The Morgan fingerprint density at radius 1 is 0.811 bits per heavy atom. The maximum Gasteiger partial charge on any atom is 0.250 e. The lowest BCUT2D eigenvalue weighted by atomic mass is 9.91. The Morgan fingerprint density at radius 3 is 1.86 bits per heavy atom. The lowest BCUT2D eigenvalue weighted by molar-refractivity contribution is -0.168. The summed E-state index contributed by atoms with van der Waals surface area (Å²) in [6, 6.07) is 25.0. The monoisotopic (exact) mass is 498 g/mol. The van der Waals surface area contributed by atoms with E-state index in [0.717, 1.165) is 28.2 Å². The topological polar surface area (TPSA) is 59.1 Å². The predicted molar refractivity (Wildman–Crippen MR) is 142 cm³/mol. The van der Waals surface area contributed by atoms with Crippen LogP contribution in [-0.2, 0) is 22.7 Å². The number of ether oxygens (including phenoxy) is 2. The van der Waals surface area contributed by atoms with Crippen LogP contribution in [0.2, 0.25) is 0 Å². The molecule has 192 valence electrons. The fourth-order valence-electron chi connectivity index (χ4n) is 5.72. The van der Waals surface area contributed by atoms with E-state index in [1.807, 2.05) is 90.4 Å². The summed E-state index contributed by atoms with van der Waals surface area (Å²) in [5, 5.41) is 0. The smallest absolute Gasteiger partial charge is 0.250 e. The molecule has 2 fully saturated rings. The minimum atomic E-state index is -0.879. The van der Waals surface area contributed by atoms with Crippen LogP contribution in [0.25, 0.3) is 0 Å². The van der Waals surface area contributed by atoms with Gasteiger partial charge in [0, 0.05) is 19.0 Å². The molecule has 6 heteroatoms. The molecule has 0 radical (unpaired) electrons. The molecule has 0 unspecified atom stereocenters. The van der Waals surface area contributed by atoms with E-state index in [0.29, 0.717) is 19.5 Å². The van der Waals surface area contributed by atoms with Crippen molar-refractivity contribution < 1.29 is 19.1 Å². The van der Waals surface area contributed by atoms with Gasteiger partial charge in [-0.1, -0.05) is 68.4 Å². The molecule has 1 spiro atoms. The van der Waals surface area contributed by atoms with Gasteiger partial charge < -0.3 is 19.3 Å². The average Bonchev–Trinajstić information content (AvgIpc) is 3.67. The van der Waals surface area contributed by atoms with Gasteiger partial charge in [0.1, 0.15) is 23.1 Å². The Balaban J connectivity index is 1.53. The van der Waals surface area contributed by atoms with Gasteiger partial charge in [-0.05, 0) is 53.3 Å². The molecule has 1 aliphatic heterocycles. The second kappa shape index (κ2) is 9.92. The lowest BCUT2D eigenvalue weighted by Gasteiger charge is -2.48. The number of hydrogen-bond acceptors (Lipinski definition) is 4. The number of rotatable bonds is 8. The summed E-state index contributed by atoms with van der Waals surface area (Å²) in [7, 11) is 3.27. The second-order valence-corrected chi connectivity index (χ2v) is 10.3. The zero-order chi connectivity index (χ0) is 26.2. The fraction of sp³-hybridized carbons (Fsp3) is 0.355. The normalized spacial score (nSPS) is 23.1. The maximum atomic E-state index is 14.5. The largest absolute Gasteiger partial charge is 0.497 e. The van der Waals surface area contributed by atoms with Crippen LogP contribution in [0.5, 0.6) is 11.5 Å². The highest BCUT2D eigenvalue weighted by Gasteiger charge is 2.70. The van der Waals surface area contributed by atoms with E-state index in [1.165, 1.54) is 0 Å². The van der Waals surface area contributed by atoms with E-state index >= 15 is 0 Å². The van der Waals surface area contributed by atoms with Crippen molar-refractivity contribution in [2.75, 3.05) is 14.2 Å². The first-order chi connectivity index (χ1) is 17.9. The van der Waals surface area contributed by atoms with Crippen molar-refractivity contribution in [1.82, 2.24) is 9.80 Å². The van der Waals surface area contributed by atoms with Crippen LogP contribution in [-0.4, -0.2) is 47.4 Å². The summed E-state index contributed by atoms with van der Waals surface area (Å²) >= 11 is 0. The first-order valence-corrected chi connectivity index (χ1v) is 12.8. The Labute approximate surface area is 218 Å². The van der Waals surface area contributed by atoms with Crippen molar-refractivity contribution in [3.63, 3.8) is 0 Å². The molecule has 3 atom stereocenters. The molecule has 37 heavy (non-hydrogen) atoms. The number of carbonyl (C=O) groups is 2. The number of piperazine rings is 1. The third-order valence-electron chi connectivity index (χ3n) is 7.74. The van der Waals surface area contributed by atoms with E-state index in [1.54, 1.807) is 14.2 Å². The van der Waals surface area contributed by atoms with Gasteiger partial charge in [0.15, 0.2) is 0 Å². The van der Waals surface area contributed by atoms with Gasteiger partial charge in [-0.3, -0.25) is 9.59 Å². The van der Waals surface area contributed by atoms with Crippen molar-refractivity contribution in [3.05, 3.63) is 95.6 Å². The number of nitrogens with zero attached hydrogens (tertiary/aromatic N) is 2. The molecular formula is C31H34N2O4. The Morgan fingerprint density at radius 2 is 1.35 bits per heavy atom. The molecule has 1 heterocycles. The average molecular weight is 499 g/mol. The van der Waals surface area contributed by atoms with Gasteiger partial charge in [0.25, 0.3) is 0 Å². The maximum absolute atomic E-state index is 14.5. The first kappa shape index (κ1) is 24.9. The summed E-state index contributed by atoms with van der Waals surface area (Å²) < 4.78 is 10.6. The van der Waals surface area contributed by atoms with Crippen molar-refractivity contribution in [1.29, 1.82) is 0 Å². The third-order valence-corrected chi connectivity index (χ3v) is 7.74. The van der Waals surface area contributed by atoms with Crippen LogP contribution in [0.3, 0.4) is 0 Å². The van der Waals surface area contributed by atoms with Crippen LogP contribution < -0.4 is 9.47 Å². The quantitative estimate of drug-likeness (QED) is 0.437. The van der Waals surface area contributed by atoms with E-state index < -0.39 is 11.6 Å². The van der Waals surface area contributed by atoms with Gasteiger partial charge >= 0.3 is 0 Å². The zero-order valence-corrected chi connectivity index (χ0v) is 21.9. The molecule has 0 aromatic heterocycles. The molecule has 5 rings (SSSR count). The summed E-state index contributed by atoms with van der Waals surface area (Å²) in [5.41, 5.74) is 2.17. The SMILES string of the molecule is COc1ccc(CN2C(=O)[C@@]3(C[C@H]3c3ccccc3)N(Cc3ccc(OC)cc3)C(=O)[C@@H]2C(C)C)cc1. The lowest BCUT2D eigenvalue weighted by Crippen LogP contribution is -2.67. The van der Waals surface area contributed by atoms with Gasteiger partial charge in [-0.2, -0.15) is 0 Å². The summed E-state index contributed by atoms with van der Waals surface area (Å²) in [5.74, 6) is 1.51. The number of benzene rings is 3. The molecule has 3 aromatic carbocycles. The molecule has 3 aromatic rings. The minimum absolute atomic E-state index is 0.0114. The van der Waals surface area contributed by atoms with Gasteiger partial charge in [-0.15, -0.1) is 0 Å². The van der Waals surface area contributed by atoms with Gasteiger partial charge in [0.05, 0.1) is 14.2 Å². The van der Waals surface area contributed by atoms with Crippen LogP contribution in [0.4, 0.5) is 0 Å². The molecule has 6 nitrogen and oxygen atoms in total. The molecule has 1 saturated carbocycles. The summed E-state index contributed by atoms with van der Waals surface area (Å²) in [4.78, 5) is 32.4. The summed E-state index contributed by atoms with van der Waals surface area (Å²) in [6.07, 6.45) is 0.627. The standard InChI is InChI=1S/C31H34N2O4/c1-21(2)28-29(34)33(20-23-12-16-26(37-4)17-13-23)31(18-27(31)24-8-6-5-7-9-24)30(35)32(28)19-22-10-14-25(36-3)15-11-22/h5-17,21,27-28H,18-20H2,1-4H3/t27-,28-,31-/m0/s1. The molecule has 1 saturated heterocycles. The Kier molecular flexibility index (Phi) is 6.67. The van der Waals surface area contributed by atoms with E-state index in [-0.39, 0.29) is 23.7 Å². The Bertz CT molecular complexity index is 1260. The van der Waals surface area contributed by atoms with Crippen LogP contribution in [0.15, 0.2) is 78.9 Å². The van der Waals surface area contributed by atoms with Crippen LogP contribution in [0, 0.1) is 5.92 Å². The molecule has 0 N–H and O–H groups in total. The zero-order valence-electron chi connectivity index (χ0n) is 21.9. The van der Waals surface area contributed by atoms with Crippen molar-refractivity contribution >= 4 is 11.8 Å². The molecule has 2 aliphatic rings. The molecule has 2 amide bonds. The number of hydrogen-bond donors (Lipinski definition) is 0.